The van der Waals surface area contributed by atoms with E-state index in [4.69, 9.17) is 4.98 Å². The summed E-state index contributed by atoms with van der Waals surface area (Å²) in [6.07, 6.45) is 2.06. The Morgan fingerprint density at radius 1 is 1.00 bits per heavy atom. The number of hydrogen-bond acceptors (Lipinski definition) is 4. The molecule has 0 saturated carbocycles. The average Bonchev–Trinajstić information content (AvgIpc) is 3.15. The van der Waals surface area contributed by atoms with Gasteiger partial charge in [-0.2, -0.15) is 0 Å². The lowest BCUT2D eigenvalue weighted by molar-refractivity contribution is 0.476. The molecule has 2 aromatic carbocycles. The summed E-state index contributed by atoms with van der Waals surface area (Å²) in [5.74, 6) is 0.538. The van der Waals surface area contributed by atoms with Crippen LogP contribution in [0.4, 0.5) is 0 Å². The van der Waals surface area contributed by atoms with Crippen molar-refractivity contribution in [1.82, 2.24) is 9.55 Å². The molecular weight excluding hydrogens is 392 g/mol. The van der Waals surface area contributed by atoms with E-state index in [0.29, 0.717) is 22.6 Å². The monoisotopic (exact) mass is 416 g/mol. The highest BCUT2D eigenvalue weighted by Crippen LogP contribution is 2.32. The van der Waals surface area contributed by atoms with E-state index in [9.17, 15) is 9.90 Å². The van der Waals surface area contributed by atoms with E-state index in [2.05, 4.69) is 19.1 Å². The largest absolute Gasteiger partial charge is 0.507 e. The fourth-order valence-electron chi connectivity index (χ4n) is 3.66. The highest BCUT2D eigenvalue weighted by molar-refractivity contribution is 7.15. The van der Waals surface area contributed by atoms with Crippen molar-refractivity contribution < 1.29 is 5.11 Å². The van der Waals surface area contributed by atoms with E-state index in [0.717, 1.165) is 28.3 Å². The second-order valence-corrected chi connectivity index (χ2v) is 8.67. The van der Waals surface area contributed by atoms with Gasteiger partial charge in [0.05, 0.1) is 22.5 Å². The maximum atomic E-state index is 13.8. The topological polar surface area (TPSA) is 55.1 Å². The molecule has 4 rings (SSSR count). The van der Waals surface area contributed by atoms with Crippen LogP contribution in [0.1, 0.15) is 29.5 Å². The third-order valence-corrected chi connectivity index (χ3v) is 6.15. The number of rotatable bonds is 5. The first-order valence-electron chi connectivity index (χ1n) is 10.1. The molecule has 0 atom stereocenters. The average molecular weight is 417 g/mol. The van der Waals surface area contributed by atoms with Crippen LogP contribution in [0.25, 0.3) is 27.5 Å². The van der Waals surface area contributed by atoms with Crippen molar-refractivity contribution in [1.29, 1.82) is 0 Å². The zero-order valence-electron chi connectivity index (χ0n) is 17.3. The number of para-hydroxylation sites is 1. The van der Waals surface area contributed by atoms with Crippen LogP contribution in [-0.2, 0) is 6.42 Å². The van der Waals surface area contributed by atoms with Crippen LogP contribution in [0, 0.1) is 13.8 Å². The van der Waals surface area contributed by atoms with Gasteiger partial charge in [0.15, 0.2) is 5.82 Å². The molecule has 0 spiro atoms. The Balaban J connectivity index is 2.01. The minimum Gasteiger partial charge on any atom is -0.507 e. The number of aromatic nitrogens is 2. The van der Waals surface area contributed by atoms with Gasteiger partial charge in [-0.3, -0.25) is 9.36 Å². The van der Waals surface area contributed by atoms with E-state index in [-0.39, 0.29) is 11.3 Å². The van der Waals surface area contributed by atoms with Crippen LogP contribution >= 0.6 is 11.3 Å². The molecule has 0 saturated heterocycles. The predicted octanol–water partition coefficient (Wildman–Crippen LogP) is 5.90. The number of aromatic hydroxyl groups is 1. The number of thiophene rings is 1. The third-order valence-electron chi connectivity index (χ3n) is 5.13. The molecule has 0 unspecified atom stereocenters. The molecular formula is C25H24N2O2S. The number of phenols is 1. The van der Waals surface area contributed by atoms with Crippen molar-refractivity contribution >= 4 is 11.3 Å². The molecule has 0 fully saturated rings. The van der Waals surface area contributed by atoms with Crippen LogP contribution in [-0.4, -0.2) is 14.7 Å². The van der Waals surface area contributed by atoms with Crippen molar-refractivity contribution in [2.75, 3.05) is 0 Å². The molecule has 2 aromatic heterocycles. The second kappa shape index (κ2) is 8.28. The maximum Gasteiger partial charge on any atom is 0.267 e. The van der Waals surface area contributed by atoms with E-state index < -0.39 is 0 Å². The van der Waals surface area contributed by atoms with Crippen molar-refractivity contribution in [3.63, 3.8) is 0 Å². The van der Waals surface area contributed by atoms with Gasteiger partial charge >= 0.3 is 0 Å². The smallest absolute Gasteiger partial charge is 0.267 e. The van der Waals surface area contributed by atoms with Gasteiger partial charge in [-0.15, -0.1) is 11.3 Å². The Labute approximate surface area is 180 Å². The SMILES string of the molecule is CCCc1ccc(-n2c(-c3ccccc3O)nc(C)c(-c3ccc(C)s3)c2=O)cc1. The molecule has 0 bridgehead atoms. The Hall–Kier alpha value is -3.18. The highest BCUT2D eigenvalue weighted by Gasteiger charge is 2.20. The summed E-state index contributed by atoms with van der Waals surface area (Å²) in [6, 6.07) is 19.0. The lowest BCUT2D eigenvalue weighted by Gasteiger charge is -2.17. The summed E-state index contributed by atoms with van der Waals surface area (Å²) in [5, 5.41) is 10.5. The van der Waals surface area contributed by atoms with Gasteiger partial charge in [-0.25, -0.2) is 4.98 Å². The third kappa shape index (κ3) is 3.68. The molecule has 4 aromatic rings. The molecule has 4 nitrogen and oxygen atoms in total. The van der Waals surface area contributed by atoms with Crippen LogP contribution < -0.4 is 5.56 Å². The fraction of sp³-hybridized carbons (Fsp3) is 0.200. The number of phenolic OH excluding ortho intramolecular Hbond substituents is 1. The van der Waals surface area contributed by atoms with Crippen molar-refractivity contribution in [2.24, 2.45) is 0 Å². The molecule has 5 heteroatoms. The quantitative estimate of drug-likeness (QED) is 0.440. The first-order valence-corrected chi connectivity index (χ1v) is 10.9. The van der Waals surface area contributed by atoms with Gasteiger partial charge in [0.25, 0.3) is 5.56 Å². The van der Waals surface area contributed by atoms with Crippen LogP contribution in [0.15, 0.2) is 65.5 Å². The zero-order valence-corrected chi connectivity index (χ0v) is 18.2. The Bertz CT molecular complexity index is 1250. The van der Waals surface area contributed by atoms with Gasteiger partial charge < -0.3 is 5.11 Å². The van der Waals surface area contributed by atoms with Crippen molar-refractivity contribution in [3.8, 4) is 33.3 Å². The summed E-state index contributed by atoms with van der Waals surface area (Å²) in [6.45, 7) is 6.02. The van der Waals surface area contributed by atoms with Gasteiger partial charge in [0.1, 0.15) is 5.75 Å². The standard InChI is InChI=1S/C25H24N2O2S/c1-4-7-18-11-13-19(14-12-18)27-24(20-8-5-6-9-21(20)28)26-17(3)23(25(27)29)22-15-10-16(2)30-22/h5-6,8-15,28H,4,7H2,1-3H3. The number of nitrogens with zero attached hydrogens (tertiary/aromatic N) is 2. The lowest BCUT2D eigenvalue weighted by Crippen LogP contribution is -2.24. The number of hydrogen-bond donors (Lipinski definition) is 1. The summed E-state index contributed by atoms with van der Waals surface area (Å²) in [5.41, 5.74) is 3.62. The second-order valence-electron chi connectivity index (χ2n) is 7.38. The van der Waals surface area contributed by atoms with Gasteiger partial charge in [-0.1, -0.05) is 37.6 Å². The minimum atomic E-state index is -0.133. The van der Waals surface area contributed by atoms with Crippen molar-refractivity contribution in [2.45, 2.75) is 33.6 Å². The molecule has 0 aliphatic carbocycles. The first-order chi connectivity index (χ1) is 14.5. The molecule has 0 aliphatic rings. The molecule has 2 heterocycles. The normalized spacial score (nSPS) is 11.0. The van der Waals surface area contributed by atoms with Gasteiger partial charge in [0.2, 0.25) is 0 Å². The zero-order chi connectivity index (χ0) is 21.3. The Morgan fingerprint density at radius 2 is 1.73 bits per heavy atom. The molecule has 152 valence electrons. The van der Waals surface area contributed by atoms with Crippen molar-refractivity contribution in [3.05, 3.63) is 87.2 Å². The minimum absolute atomic E-state index is 0.0971. The van der Waals surface area contributed by atoms with E-state index in [1.165, 1.54) is 5.56 Å². The van der Waals surface area contributed by atoms with Crippen LogP contribution in [0.5, 0.6) is 5.75 Å². The van der Waals surface area contributed by atoms with E-state index >= 15 is 0 Å². The Morgan fingerprint density at radius 3 is 2.37 bits per heavy atom. The maximum absolute atomic E-state index is 13.8. The molecule has 1 N–H and O–H groups in total. The van der Waals surface area contributed by atoms with Crippen LogP contribution in [0.2, 0.25) is 0 Å². The number of benzene rings is 2. The molecule has 0 aliphatic heterocycles. The summed E-state index contributed by atoms with van der Waals surface area (Å²) >= 11 is 1.58. The van der Waals surface area contributed by atoms with Crippen LogP contribution in [0.3, 0.4) is 0 Å². The predicted molar refractivity (Wildman–Crippen MR) is 124 cm³/mol. The number of aryl methyl sites for hydroxylation is 3. The highest BCUT2D eigenvalue weighted by atomic mass is 32.1. The van der Waals surface area contributed by atoms with Gasteiger partial charge in [-0.05, 0) is 62.2 Å². The first kappa shape index (κ1) is 20.1. The van der Waals surface area contributed by atoms with E-state index in [1.807, 2.05) is 44.2 Å². The fourth-order valence-corrected chi connectivity index (χ4v) is 4.62. The Kier molecular flexibility index (Phi) is 5.55. The molecule has 0 amide bonds. The summed E-state index contributed by atoms with van der Waals surface area (Å²) in [7, 11) is 0. The lowest BCUT2D eigenvalue weighted by atomic mass is 10.1. The summed E-state index contributed by atoms with van der Waals surface area (Å²) in [4.78, 5) is 20.6. The van der Waals surface area contributed by atoms with Gasteiger partial charge in [0, 0.05) is 9.75 Å². The molecule has 30 heavy (non-hydrogen) atoms. The summed E-state index contributed by atoms with van der Waals surface area (Å²) < 4.78 is 1.61. The van der Waals surface area contributed by atoms with E-state index in [1.54, 1.807) is 34.1 Å². The molecule has 0 radical (unpaired) electrons.